The van der Waals surface area contributed by atoms with E-state index in [0.29, 0.717) is 12.5 Å². The molecule has 1 aromatic carbocycles. The molecule has 0 unspecified atom stereocenters. The van der Waals surface area contributed by atoms with Crippen molar-refractivity contribution in [3.8, 4) is 0 Å². The van der Waals surface area contributed by atoms with E-state index in [4.69, 9.17) is 4.74 Å². The number of carbonyl (C=O) groups is 1. The molecule has 4 nitrogen and oxygen atoms in total. The lowest BCUT2D eigenvalue weighted by Crippen LogP contribution is -2.32. The molecule has 1 fully saturated rings. The molecular formula is C14H15F3N2O2. The molecule has 1 amide bonds. The van der Waals surface area contributed by atoms with Crippen LogP contribution in [-0.2, 0) is 10.9 Å². The number of hydrogen-bond donors (Lipinski definition) is 1. The maximum absolute atomic E-state index is 12.6. The summed E-state index contributed by atoms with van der Waals surface area (Å²) in [4.78, 5) is 16.0. The van der Waals surface area contributed by atoms with Gasteiger partial charge in [0, 0.05) is 12.1 Å². The highest BCUT2D eigenvalue weighted by Crippen LogP contribution is 2.30. The number of nitrogens with zero attached hydrogens (tertiary/aromatic N) is 1. The minimum atomic E-state index is -4.49. The van der Waals surface area contributed by atoms with Gasteiger partial charge in [-0.25, -0.2) is 4.99 Å². The minimum Gasteiger partial charge on any atom is -0.468 e. The second kappa shape index (κ2) is 6.15. The highest BCUT2D eigenvalue weighted by molar-refractivity contribution is 6.04. The third kappa shape index (κ3) is 4.47. The predicted octanol–water partition coefficient (Wildman–Crippen LogP) is 2.85. The van der Waals surface area contributed by atoms with Gasteiger partial charge in [0.25, 0.3) is 11.9 Å². The first-order valence-electron chi connectivity index (χ1n) is 6.47. The number of amidine groups is 1. The van der Waals surface area contributed by atoms with E-state index in [-0.39, 0.29) is 11.6 Å². The molecule has 0 spiro atoms. The van der Waals surface area contributed by atoms with E-state index in [1.807, 2.05) is 0 Å². The Morgan fingerprint density at radius 3 is 2.71 bits per heavy atom. The Bertz CT molecular complexity index is 551. The maximum atomic E-state index is 12.6. The van der Waals surface area contributed by atoms with E-state index in [2.05, 4.69) is 10.3 Å². The van der Waals surface area contributed by atoms with Crippen molar-refractivity contribution >= 4 is 11.9 Å². The number of aliphatic imine (C=N–C) groups is 1. The Labute approximate surface area is 120 Å². The number of halogens is 3. The average Bonchev–Trinajstić information content (AvgIpc) is 3.26. The topological polar surface area (TPSA) is 50.7 Å². The molecule has 0 aromatic heterocycles. The molecule has 114 valence electrons. The van der Waals surface area contributed by atoms with Crippen LogP contribution in [-0.4, -0.2) is 25.6 Å². The molecule has 0 bridgehead atoms. The van der Waals surface area contributed by atoms with Crippen LogP contribution in [0.3, 0.4) is 0 Å². The first kappa shape index (κ1) is 15.3. The normalized spacial score (nSPS) is 15.7. The number of alkyl halides is 3. The Morgan fingerprint density at radius 2 is 2.14 bits per heavy atom. The van der Waals surface area contributed by atoms with Gasteiger partial charge in [0.1, 0.15) is 0 Å². The van der Waals surface area contributed by atoms with Gasteiger partial charge in [-0.2, -0.15) is 13.2 Å². The number of methoxy groups -OCH3 is 1. The highest BCUT2D eigenvalue weighted by atomic mass is 19.4. The quantitative estimate of drug-likeness (QED) is 0.689. The fourth-order valence-corrected chi connectivity index (χ4v) is 1.67. The predicted molar refractivity (Wildman–Crippen MR) is 70.9 cm³/mol. The van der Waals surface area contributed by atoms with Gasteiger partial charge in [-0.05, 0) is 37.0 Å². The second-order valence-electron chi connectivity index (χ2n) is 4.83. The maximum Gasteiger partial charge on any atom is 0.416 e. The zero-order chi connectivity index (χ0) is 15.5. The van der Waals surface area contributed by atoms with Crippen molar-refractivity contribution in [1.29, 1.82) is 0 Å². The largest absolute Gasteiger partial charge is 0.468 e. The molecule has 2 rings (SSSR count). The smallest absolute Gasteiger partial charge is 0.416 e. The van der Waals surface area contributed by atoms with Crippen molar-refractivity contribution in [2.75, 3.05) is 13.7 Å². The van der Waals surface area contributed by atoms with Crippen molar-refractivity contribution in [2.24, 2.45) is 10.9 Å². The molecule has 1 aliphatic rings. The van der Waals surface area contributed by atoms with Gasteiger partial charge in [0.15, 0.2) is 0 Å². The van der Waals surface area contributed by atoms with Crippen LogP contribution in [0.4, 0.5) is 13.2 Å². The fraction of sp³-hybridized carbons (Fsp3) is 0.429. The number of amides is 1. The summed E-state index contributed by atoms with van der Waals surface area (Å²) >= 11 is 0. The molecule has 1 N–H and O–H groups in total. The van der Waals surface area contributed by atoms with Crippen LogP contribution in [0.2, 0.25) is 0 Å². The molecule has 1 aromatic rings. The van der Waals surface area contributed by atoms with Crippen molar-refractivity contribution in [2.45, 2.75) is 19.0 Å². The van der Waals surface area contributed by atoms with Gasteiger partial charge < -0.3 is 4.74 Å². The monoisotopic (exact) mass is 300 g/mol. The van der Waals surface area contributed by atoms with E-state index < -0.39 is 17.6 Å². The Hall–Kier alpha value is -2.05. The standard InChI is InChI=1S/C14H15F3N2O2/c1-21-13(18-8-9-5-6-9)19-12(20)10-3-2-4-11(7-10)14(15,16)17/h2-4,7,9H,5-6,8H2,1H3,(H,18,19,20). The summed E-state index contributed by atoms with van der Waals surface area (Å²) in [5, 5.41) is 2.37. The van der Waals surface area contributed by atoms with Crippen molar-refractivity contribution in [1.82, 2.24) is 5.32 Å². The summed E-state index contributed by atoms with van der Waals surface area (Å²) in [5.41, 5.74) is -0.968. The van der Waals surface area contributed by atoms with E-state index >= 15 is 0 Å². The fourth-order valence-electron chi connectivity index (χ4n) is 1.67. The summed E-state index contributed by atoms with van der Waals surface area (Å²) < 4.78 is 42.7. The van der Waals surface area contributed by atoms with Crippen molar-refractivity contribution in [3.63, 3.8) is 0 Å². The molecular weight excluding hydrogens is 285 g/mol. The van der Waals surface area contributed by atoms with E-state index in [0.717, 1.165) is 25.0 Å². The third-order valence-corrected chi connectivity index (χ3v) is 3.06. The number of rotatable bonds is 3. The van der Waals surface area contributed by atoms with E-state index in [9.17, 15) is 18.0 Å². The molecule has 0 heterocycles. The van der Waals surface area contributed by atoms with Crippen LogP contribution in [0.5, 0.6) is 0 Å². The lowest BCUT2D eigenvalue weighted by atomic mass is 10.1. The molecule has 0 radical (unpaired) electrons. The van der Waals surface area contributed by atoms with Gasteiger partial charge in [-0.3, -0.25) is 10.1 Å². The summed E-state index contributed by atoms with van der Waals surface area (Å²) in [7, 11) is 1.35. The van der Waals surface area contributed by atoms with E-state index in [1.165, 1.54) is 19.2 Å². The van der Waals surface area contributed by atoms with Crippen LogP contribution >= 0.6 is 0 Å². The Morgan fingerprint density at radius 1 is 1.43 bits per heavy atom. The van der Waals surface area contributed by atoms with E-state index in [1.54, 1.807) is 0 Å². The van der Waals surface area contributed by atoms with Gasteiger partial charge in [-0.15, -0.1) is 0 Å². The third-order valence-electron chi connectivity index (χ3n) is 3.06. The summed E-state index contributed by atoms with van der Waals surface area (Å²) in [6.07, 6.45) is -2.29. The molecule has 1 aliphatic carbocycles. The van der Waals surface area contributed by atoms with Gasteiger partial charge >= 0.3 is 6.18 Å². The second-order valence-corrected chi connectivity index (χ2v) is 4.83. The molecule has 0 aliphatic heterocycles. The van der Waals surface area contributed by atoms with Crippen molar-refractivity contribution < 1.29 is 22.7 Å². The summed E-state index contributed by atoms with van der Waals surface area (Å²) in [6, 6.07) is 4.22. The highest BCUT2D eigenvalue weighted by Gasteiger charge is 2.31. The zero-order valence-corrected chi connectivity index (χ0v) is 11.4. The molecule has 21 heavy (non-hydrogen) atoms. The number of ether oxygens (including phenoxy) is 1. The number of nitrogens with one attached hydrogen (secondary N) is 1. The molecule has 7 heteroatoms. The number of benzene rings is 1. The molecule has 0 atom stereocenters. The van der Waals surface area contributed by atoms with Gasteiger partial charge in [0.2, 0.25) is 0 Å². The van der Waals surface area contributed by atoms with Crippen LogP contribution in [0.1, 0.15) is 28.8 Å². The summed E-state index contributed by atoms with van der Waals surface area (Å²) in [6.45, 7) is 0.548. The average molecular weight is 300 g/mol. The molecule has 0 saturated heterocycles. The lowest BCUT2D eigenvalue weighted by Gasteiger charge is -2.10. The Balaban J connectivity index is 2.06. The first-order chi connectivity index (χ1) is 9.90. The van der Waals surface area contributed by atoms with Gasteiger partial charge in [-0.1, -0.05) is 6.07 Å². The van der Waals surface area contributed by atoms with Crippen molar-refractivity contribution in [3.05, 3.63) is 35.4 Å². The lowest BCUT2D eigenvalue weighted by molar-refractivity contribution is -0.137. The van der Waals surface area contributed by atoms with Gasteiger partial charge in [0.05, 0.1) is 12.7 Å². The minimum absolute atomic E-state index is 0.0179. The zero-order valence-electron chi connectivity index (χ0n) is 11.4. The van der Waals surface area contributed by atoms with Crippen LogP contribution in [0.25, 0.3) is 0 Å². The van der Waals surface area contributed by atoms with Crippen LogP contribution < -0.4 is 5.32 Å². The van der Waals surface area contributed by atoms with Crippen LogP contribution in [0.15, 0.2) is 29.3 Å². The SMILES string of the molecule is COC(=NCC1CC1)NC(=O)c1cccc(C(F)(F)F)c1. The van der Waals surface area contributed by atoms with Crippen LogP contribution in [0, 0.1) is 5.92 Å². The number of carbonyl (C=O) groups excluding carboxylic acids is 1. The summed E-state index contributed by atoms with van der Waals surface area (Å²) in [5.74, 6) is -0.168. The first-order valence-corrected chi connectivity index (χ1v) is 6.47. The Kier molecular flexibility index (Phi) is 4.50. The molecule has 1 saturated carbocycles. The number of hydrogen-bond acceptors (Lipinski definition) is 3.